The molecular formula is C36H22N2. The molecule has 0 saturated carbocycles. The zero-order valence-electron chi connectivity index (χ0n) is 20.6. The van der Waals surface area contributed by atoms with Gasteiger partial charge in [-0.3, -0.25) is 0 Å². The van der Waals surface area contributed by atoms with Crippen molar-refractivity contribution < 1.29 is 0 Å². The largest absolute Gasteiger partial charge is 0.309 e. The lowest BCUT2D eigenvalue weighted by molar-refractivity contribution is 1.17. The van der Waals surface area contributed by atoms with Gasteiger partial charge >= 0.3 is 0 Å². The van der Waals surface area contributed by atoms with Crippen molar-refractivity contribution in [2.75, 3.05) is 0 Å². The first kappa shape index (κ1) is 20.0. The number of nitrogens with zero attached hydrogens (tertiary/aromatic N) is 2. The molecule has 1 aliphatic heterocycles. The molecule has 1 aliphatic rings. The standard InChI is InChI=1S/C36H22N2/c1-5-18-30-23(11-1)24-12-2-6-19-31(24)37(30)34-22-10-15-26-28-17-9-16-27-25-13-3-7-20-32(25)38(36(27)28)33-21-8-4-14-29(33)35(26)34/h1-22H. The van der Waals surface area contributed by atoms with E-state index in [0.29, 0.717) is 0 Å². The number of hydrogen-bond acceptors (Lipinski definition) is 0. The molecule has 6 aromatic carbocycles. The average molecular weight is 483 g/mol. The van der Waals surface area contributed by atoms with Crippen LogP contribution in [-0.4, -0.2) is 9.13 Å². The molecule has 38 heavy (non-hydrogen) atoms. The minimum atomic E-state index is 1.21. The van der Waals surface area contributed by atoms with Gasteiger partial charge in [-0.1, -0.05) is 103 Å². The number of rotatable bonds is 1. The van der Waals surface area contributed by atoms with E-state index in [1.54, 1.807) is 0 Å². The number of para-hydroxylation sites is 5. The molecule has 9 rings (SSSR count). The maximum atomic E-state index is 2.48. The van der Waals surface area contributed by atoms with E-state index in [4.69, 9.17) is 0 Å². The highest BCUT2D eigenvalue weighted by molar-refractivity contribution is 6.17. The summed E-state index contributed by atoms with van der Waals surface area (Å²) in [5.74, 6) is 0. The minimum Gasteiger partial charge on any atom is -0.309 e. The highest BCUT2D eigenvalue weighted by atomic mass is 15.0. The van der Waals surface area contributed by atoms with Crippen LogP contribution in [0.15, 0.2) is 133 Å². The molecule has 2 aromatic heterocycles. The van der Waals surface area contributed by atoms with E-state index in [0.717, 1.165) is 0 Å². The molecular weight excluding hydrogens is 460 g/mol. The summed E-state index contributed by atoms with van der Waals surface area (Å²) in [5.41, 5.74) is 12.5. The van der Waals surface area contributed by atoms with E-state index in [1.807, 2.05) is 0 Å². The molecule has 0 N–H and O–H groups in total. The maximum Gasteiger partial charge on any atom is 0.0619 e. The van der Waals surface area contributed by atoms with E-state index in [9.17, 15) is 0 Å². The number of aromatic nitrogens is 2. The second-order valence-electron chi connectivity index (χ2n) is 10.1. The van der Waals surface area contributed by atoms with Crippen molar-refractivity contribution in [3.05, 3.63) is 133 Å². The minimum absolute atomic E-state index is 1.21. The van der Waals surface area contributed by atoms with Gasteiger partial charge in [-0.15, -0.1) is 0 Å². The summed E-state index contributed by atoms with van der Waals surface area (Å²) < 4.78 is 4.93. The average Bonchev–Trinajstić information content (AvgIpc) is 3.45. The van der Waals surface area contributed by atoms with Gasteiger partial charge in [0, 0.05) is 38.2 Å². The van der Waals surface area contributed by atoms with Crippen LogP contribution in [0.5, 0.6) is 0 Å². The van der Waals surface area contributed by atoms with Gasteiger partial charge in [0.1, 0.15) is 0 Å². The van der Waals surface area contributed by atoms with Crippen LogP contribution in [0.1, 0.15) is 0 Å². The van der Waals surface area contributed by atoms with Crippen molar-refractivity contribution in [1.29, 1.82) is 0 Å². The fourth-order valence-electron chi connectivity index (χ4n) is 6.78. The quantitative estimate of drug-likeness (QED) is 0.220. The lowest BCUT2D eigenvalue weighted by atomic mass is 9.92. The molecule has 0 amide bonds. The molecule has 2 heteroatoms. The summed E-state index contributed by atoms with van der Waals surface area (Å²) in [6.07, 6.45) is 0. The molecule has 0 atom stereocenters. The summed E-state index contributed by atoms with van der Waals surface area (Å²) in [4.78, 5) is 0. The van der Waals surface area contributed by atoms with Crippen LogP contribution in [0.2, 0.25) is 0 Å². The van der Waals surface area contributed by atoms with Gasteiger partial charge in [-0.05, 0) is 35.9 Å². The summed E-state index contributed by atoms with van der Waals surface area (Å²) in [6, 6.07) is 48.8. The van der Waals surface area contributed by atoms with Crippen molar-refractivity contribution >= 4 is 43.6 Å². The Morgan fingerprint density at radius 1 is 0.316 bits per heavy atom. The summed E-state index contributed by atoms with van der Waals surface area (Å²) in [7, 11) is 0. The highest BCUT2D eigenvalue weighted by Gasteiger charge is 2.27. The van der Waals surface area contributed by atoms with Crippen molar-refractivity contribution in [2.45, 2.75) is 0 Å². The molecule has 3 heterocycles. The molecule has 8 aromatic rings. The maximum absolute atomic E-state index is 2.48. The third-order valence-corrected chi connectivity index (χ3v) is 8.26. The SMILES string of the molecule is c1ccc2c(c1)-c1c(cccc1-n1c3ccccc3c3ccccc31)-c1cccc3c4ccccc4n-2c13. The van der Waals surface area contributed by atoms with Gasteiger partial charge in [0.2, 0.25) is 0 Å². The number of benzene rings is 6. The normalized spacial score (nSPS) is 12.2. The van der Waals surface area contributed by atoms with Gasteiger partial charge in [0.25, 0.3) is 0 Å². The third-order valence-electron chi connectivity index (χ3n) is 8.26. The van der Waals surface area contributed by atoms with E-state index in [2.05, 4.69) is 143 Å². The van der Waals surface area contributed by atoms with E-state index >= 15 is 0 Å². The van der Waals surface area contributed by atoms with Crippen LogP contribution < -0.4 is 0 Å². The van der Waals surface area contributed by atoms with Crippen LogP contribution in [0.4, 0.5) is 0 Å². The van der Waals surface area contributed by atoms with Crippen molar-refractivity contribution in [3.8, 4) is 33.6 Å². The Kier molecular flexibility index (Phi) is 3.82. The third kappa shape index (κ3) is 2.42. The zero-order chi connectivity index (χ0) is 24.8. The molecule has 0 saturated heterocycles. The molecule has 0 aliphatic carbocycles. The van der Waals surface area contributed by atoms with Gasteiger partial charge in [0.05, 0.1) is 33.4 Å². The second-order valence-corrected chi connectivity index (χ2v) is 10.1. The number of hydrogen-bond donors (Lipinski definition) is 0. The van der Waals surface area contributed by atoms with Crippen molar-refractivity contribution in [2.24, 2.45) is 0 Å². The van der Waals surface area contributed by atoms with Gasteiger partial charge in [0.15, 0.2) is 0 Å². The molecule has 176 valence electrons. The first-order valence-corrected chi connectivity index (χ1v) is 13.1. The Balaban J connectivity index is 1.52. The Labute approximate surface area is 219 Å². The summed E-state index contributed by atoms with van der Waals surface area (Å²) >= 11 is 0. The van der Waals surface area contributed by atoms with Crippen LogP contribution in [-0.2, 0) is 0 Å². The Bertz CT molecular complexity index is 2190. The van der Waals surface area contributed by atoms with E-state index in [-0.39, 0.29) is 0 Å². The van der Waals surface area contributed by atoms with Gasteiger partial charge < -0.3 is 9.13 Å². The van der Waals surface area contributed by atoms with Crippen LogP contribution >= 0.6 is 0 Å². The van der Waals surface area contributed by atoms with Crippen LogP contribution in [0.25, 0.3) is 77.2 Å². The fraction of sp³-hybridized carbons (Fsp3) is 0. The lowest BCUT2D eigenvalue weighted by Crippen LogP contribution is -2.00. The predicted octanol–water partition coefficient (Wildman–Crippen LogP) is 9.53. The smallest absolute Gasteiger partial charge is 0.0619 e. The van der Waals surface area contributed by atoms with E-state index < -0.39 is 0 Å². The molecule has 2 nitrogen and oxygen atoms in total. The Hall–Kier alpha value is -5.08. The van der Waals surface area contributed by atoms with Crippen LogP contribution in [0, 0.1) is 0 Å². The lowest BCUT2D eigenvalue weighted by Gasteiger charge is -2.18. The fourth-order valence-corrected chi connectivity index (χ4v) is 6.78. The molecule has 0 fully saturated rings. The highest BCUT2D eigenvalue weighted by Crippen LogP contribution is 2.49. The van der Waals surface area contributed by atoms with Crippen LogP contribution in [0.3, 0.4) is 0 Å². The first-order chi connectivity index (χ1) is 18.9. The molecule has 0 unspecified atom stereocenters. The Morgan fingerprint density at radius 2 is 0.789 bits per heavy atom. The summed E-state index contributed by atoms with van der Waals surface area (Å²) in [5, 5.41) is 5.15. The van der Waals surface area contributed by atoms with Crippen molar-refractivity contribution in [1.82, 2.24) is 9.13 Å². The first-order valence-electron chi connectivity index (χ1n) is 13.1. The molecule has 0 spiro atoms. The number of fused-ring (bicyclic) bond motifs is 11. The predicted molar refractivity (Wildman–Crippen MR) is 160 cm³/mol. The Morgan fingerprint density at radius 3 is 1.53 bits per heavy atom. The molecule has 0 radical (unpaired) electrons. The van der Waals surface area contributed by atoms with Crippen molar-refractivity contribution in [3.63, 3.8) is 0 Å². The molecule has 0 bridgehead atoms. The monoisotopic (exact) mass is 482 g/mol. The van der Waals surface area contributed by atoms with Gasteiger partial charge in [-0.25, -0.2) is 0 Å². The van der Waals surface area contributed by atoms with Gasteiger partial charge in [-0.2, -0.15) is 0 Å². The topological polar surface area (TPSA) is 9.86 Å². The second kappa shape index (κ2) is 7.24. The zero-order valence-corrected chi connectivity index (χ0v) is 20.6. The van der Waals surface area contributed by atoms with E-state index in [1.165, 1.54) is 77.2 Å². The summed E-state index contributed by atoms with van der Waals surface area (Å²) in [6.45, 7) is 0.